The number of ether oxygens (including phenoxy) is 1. The minimum atomic E-state index is -0.704. The molecule has 0 atom stereocenters. The van der Waals surface area contributed by atoms with Crippen molar-refractivity contribution in [3.8, 4) is 0 Å². The number of hydrogen-bond acceptors (Lipinski definition) is 3. The Morgan fingerprint density at radius 2 is 1.86 bits per heavy atom. The first kappa shape index (κ1) is 15.8. The van der Waals surface area contributed by atoms with E-state index >= 15 is 0 Å². The molecule has 1 N–H and O–H groups in total. The van der Waals surface area contributed by atoms with E-state index in [1.165, 1.54) is 0 Å². The van der Waals surface area contributed by atoms with Gasteiger partial charge in [-0.05, 0) is 46.5 Å². The number of benzene rings is 1. The van der Waals surface area contributed by atoms with Crippen LogP contribution in [0.25, 0.3) is 0 Å². The number of morpholine rings is 1. The average Bonchev–Trinajstić information content (AvgIpc) is 2.56. The topological polar surface area (TPSA) is 49.8 Å². The number of halogens is 1. The van der Waals surface area contributed by atoms with Gasteiger partial charge in [0.2, 0.25) is 0 Å². The van der Waals surface area contributed by atoms with Crippen LogP contribution < -0.4 is 4.90 Å². The monoisotopic (exact) mass is 367 g/mol. The smallest absolute Gasteiger partial charge is 0.314 e. The summed E-state index contributed by atoms with van der Waals surface area (Å²) in [5.74, 6) is -0.682. The average molecular weight is 368 g/mol. The van der Waals surface area contributed by atoms with Crippen molar-refractivity contribution in [2.24, 2.45) is 0 Å². The van der Waals surface area contributed by atoms with Crippen LogP contribution in [0, 0.1) is 0 Å². The van der Waals surface area contributed by atoms with Crippen LogP contribution in [0.15, 0.2) is 22.7 Å². The van der Waals surface area contributed by atoms with Crippen LogP contribution in [0.4, 0.5) is 5.69 Å². The zero-order chi connectivity index (χ0) is 15.6. The first-order chi connectivity index (χ1) is 10.6. The summed E-state index contributed by atoms with van der Waals surface area (Å²) in [4.78, 5) is 14.2. The number of carboxylic acid groups (broad SMARTS) is 1. The van der Waals surface area contributed by atoms with Crippen LogP contribution in [0.3, 0.4) is 0 Å². The maximum absolute atomic E-state index is 11.9. The molecule has 120 valence electrons. The van der Waals surface area contributed by atoms with Crippen LogP contribution in [0.2, 0.25) is 0 Å². The van der Waals surface area contributed by atoms with Crippen molar-refractivity contribution in [1.82, 2.24) is 0 Å². The molecule has 1 aliphatic heterocycles. The lowest BCUT2D eigenvalue weighted by Gasteiger charge is -2.35. The minimum absolute atomic E-state index is 0.682. The molecular formula is C17H22BrNO3. The van der Waals surface area contributed by atoms with E-state index < -0.39 is 11.4 Å². The van der Waals surface area contributed by atoms with Crippen LogP contribution in [-0.2, 0) is 14.9 Å². The van der Waals surface area contributed by atoms with Gasteiger partial charge in [-0.2, -0.15) is 0 Å². The van der Waals surface area contributed by atoms with Crippen molar-refractivity contribution >= 4 is 27.6 Å². The molecule has 0 unspecified atom stereocenters. The molecule has 1 aromatic carbocycles. The predicted molar refractivity (Wildman–Crippen MR) is 89.6 cm³/mol. The first-order valence-electron chi connectivity index (χ1n) is 8.00. The number of nitrogens with zero attached hydrogens (tertiary/aromatic N) is 1. The van der Waals surface area contributed by atoms with Crippen molar-refractivity contribution in [3.63, 3.8) is 0 Å². The Bertz CT molecular complexity index is 549. The normalized spacial score (nSPS) is 21.6. The quantitative estimate of drug-likeness (QED) is 0.886. The molecular weight excluding hydrogens is 346 g/mol. The fourth-order valence-corrected chi connectivity index (χ4v) is 4.28. The largest absolute Gasteiger partial charge is 0.481 e. The molecule has 3 rings (SSSR count). The standard InChI is InChI=1S/C17H22BrNO3/c18-14-12-13(17(16(20)21)6-2-1-3-7-17)4-5-15(14)19-8-10-22-11-9-19/h4-5,12H,1-3,6-11H2,(H,20,21). The van der Waals surface area contributed by atoms with E-state index in [1.54, 1.807) is 0 Å². The molecule has 1 heterocycles. The Hall–Kier alpha value is -1.07. The molecule has 0 aromatic heterocycles. The van der Waals surface area contributed by atoms with Gasteiger partial charge in [0, 0.05) is 17.6 Å². The highest BCUT2D eigenvalue weighted by atomic mass is 79.9. The number of anilines is 1. The van der Waals surface area contributed by atoms with Gasteiger partial charge in [0.15, 0.2) is 0 Å². The highest BCUT2D eigenvalue weighted by molar-refractivity contribution is 9.10. The first-order valence-corrected chi connectivity index (χ1v) is 8.79. The summed E-state index contributed by atoms with van der Waals surface area (Å²) in [5.41, 5.74) is 1.36. The summed E-state index contributed by atoms with van der Waals surface area (Å²) in [5, 5.41) is 9.81. The van der Waals surface area contributed by atoms with E-state index in [2.05, 4.69) is 26.9 Å². The Labute approximate surface area is 139 Å². The molecule has 0 bridgehead atoms. The zero-order valence-corrected chi connectivity index (χ0v) is 14.3. The Kier molecular flexibility index (Phi) is 4.73. The molecule has 5 heteroatoms. The number of carboxylic acids is 1. The van der Waals surface area contributed by atoms with Gasteiger partial charge in [-0.3, -0.25) is 4.79 Å². The molecule has 1 aliphatic carbocycles. The Morgan fingerprint density at radius 3 is 2.45 bits per heavy atom. The Morgan fingerprint density at radius 1 is 1.18 bits per heavy atom. The van der Waals surface area contributed by atoms with Crippen molar-refractivity contribution in [2.75, 3.05) is 31.2 Å². The predicted octanol–water partition coefficient (Wildman–Crippen LogP) is 3.57. The highest BCUT2D eigenvalue weighted by Crippen LogP contribution is 2.42. The second-order valence-corrected chi connectivity index (χ2v) is 7.07. The van der Waals surface area contributed by atoms with E-state index in [9.17, 15) is 9.90 Å². The molecule has 4 nitrogen and oxygen atoms in total. The third-order valence-electron chi connectivity index (χ3n) is 4.97. The molecule has 0 amide bonds. The fraction of sp³-hybridized carbons (Fsp3) is 0.588. The second kappa shape index (κ2) is 6.59. The van der Waals surface area contributed by atoms with Gasteiger partial charge in [0.05, 0.1) is 24.3 Å². The SMILES string of the molecule is O=C(O)C1(c2ccc(N3CCOCC3)c(Br)c2)CCCCC1. The maximum atomic E-state index is 11.9. The summed E-state index contributed by atoms with van der Waals surface area (Å²) < 4.78 is 6.38. The van der Waals surface area contributed by atoms with Crippen LogP contribution in [0.5, 0.6) is 0 Å². The van der Waals surface area contributed by atoms with E-state index in [1.807, 2.05) is 12.1 Å². The number of hydrogen-bond donors (Lipinski definition) is 1. The molecule has 0 spiro atoms. The maximum Gasteiger partial charge on any atom is 0.314 e. The summed E-state index contributed by atoms with van der Waals surface area (Å²) in [7, 11) is 0. The van der Waals surface area contributed by atoms with Gasteiger partial charge in [0.25, 0.3) is 0 Å². The van der Waals surface area contributed by atoms with Gasteiger partial charge >= 0.3 is 5.97 Å². The van der Waals surface area contributed by atoms with Crippen LogP contribution >= 0.6 is 15.9 Å². The van der Waals surface area contributed by atoms with Crippen molar-refractivity contribution in [2.45, 2.75) is 37.5 Å². The van der Waals surface area contributed by atoms with E-state index in [0.29, 0.717) is 0 Å². The molecule has 1 saturated heterocycles. The Balaban J connectivity index is 1.91. The lowest BCUT2D eigenvalue weighted by molar-refractivity contribution is -0.145. The number of carbonyl (C=O) groups is 1. The number of rotatable bonds is 3. The van der Waals surface area contributed by atoms with Crippen LogP contribution in [0.1, 0.15) is 37.7 Å². The summed E-state index contributed by atoms with van der Waals surface area (Å²) in [6.45, 7) is 3.24. The van der Waals surface area contributed by atoms with Crippen molar-refractivity contribution in [1.29, 1.82) is 0 Å². The third kappa shape index (κ3) is 2.88. The molecule has 22 heavy (non-hydrogen) atoms. The van der Waals surface area contributed by atoms with Gasteiger partial charge < -0.3 is 14.7 Å². The van der Waals surface area contributed by atoms with E-state index in [0.717, 1.165) is 74.1 Å². The third-order valence-corrected chi connectivity index (χ3v) is 5.60. The molecule has 2 fully saturated rings. The minimum Gasteiger partial charge on any atom is -0.481 e. The molecule has 1 aromatic rings. The number of aliphatic carboxylic acids is 1. The van der Waals surface area contributed by atoms with Gasteiger partial charge in [-0.25, -0.2) is 0 Å². The fourth-order valence-electron chi connectivity index (χ4n) is 3.65. The summed E-state index contributed by atoms with van der Waals surface area (Å²) in [6.07, 6.45) is 4.61. The van der Waals surface area contributed by atoms with Gasteiger partial charge in [-0.1, -0.05) is 25.3 Å². The van der Waals surface area contributed by atoms with Gasteiger partial charge in [-0.15, -0.1) is 0 Å². The van der Waals surface area contributed by atoms with Crippen molar-refractivity contribution < 1.29 is 14.6 Å². The molecule has 2 aliphatic rings. The summed E-state index contributed by atoms with van der Waals surface area (Å²) in [6, 6.07) is 6.09. The second-order valence-electron chi connectivity index (χ2n) is 6.21. The van der Waals surface area contributed by atoms with Crippen molar-refractivity contribution in [3.05, 3.63) is 28.2 Å². The molecule has 1 saturated carbocycles. The molecule has 0 radical (unpaired) electrons. The lowest BCUT2D eigenvalue weighted by Crippen LogP contribution is -2.38. The zero-order valence-electron chi connectivity index (χ0n) is 12.7. The summed E-state index contributed by atoms with van der Waals surface area (Å²) >= 11 is 3.65. The highest BCUT2D eigenvalue weighted by Gasteiger charge is 2.41. The van der Waals surface area contributed by atoms with E-state index in [4.69, 9.17) is 4.74 Å². The van der Waals surface area contributed by atoms with Gasteiger partial charge in [0.1, 0.15) is 0 Å². The lowest BCUT2D eigenvalue weighted by atomic mass is 9.69. The van der Waals surface area contributed by atoms with Crippen LogP contribution in [-0.4, -0.2) is 37.4 Å². The van der Waals surface area contributed by atoms with E-state index in [-0.39, 0.29) is 0 Å².